The Balaban J connectivity index is -0.0000000720. The number of hydrogen-bond donors (Lipinski definition) is 2. The summed E-state index contributed by atoms with van der Waals surface area (Å²) >= 11 is -5.72. The number of hydrogen-bond acceptors (Lipinski definition) is 4. The fourth-order valence-electron chi connectivity index (χ4n) is 0. The van der Waals surface area contributed by atoms with E-state index in [4.69, 9.17) is 26.6 Å². The molecular weight excluding hydrogens is 215 g/mol. The SMILES string of the molecule is O=S([O-])O.O=S([O-])O.[Mn+2]. The van der Waals surface area contributed by atoms with Crippen molar-refractivity contribution < 1.29 is 43.7 Å². The van der Waals surface area contributed by atoms with Gasteiger partial charge in [-0.2, -0.15) is 0 Å². The Labute approximate surface area is 66.7 Å². The van der Waals surface area contributed by atoms with Gasteiger partial charge in [-0.15, -0.1) is 0 Å². The van der Waals surface area contributed by atoms with Crippen LogP contribution in [-0.4, -0.2) is 26.6 Å². The Morgan fingerprint density at radius 3 is 1.00 bits per heavy atom. The zero-order chi connectivity index (χ0) is 7.15. The van der Waals surface area contributed by atoms with Crippen LogP contribution < -0.4 is 0 Å². The molecule has 0 aliphatic rings. The summed E-state index contributed by atoms with van der Waals surface area (Å²) in [5.41, 5.74) is 0. The molecule has 0 heterocycles. The van der Waals surface area contributed by atoms with Crippen molar-refractivity contribution in [2.75, 3.05) is 0 Å². The second kappa shape index (κ2) is 11.5. The van der Waals surface area contributed by atoms with E-state index in [9.17, 15) is 0 Å². The van der Waals surface area contributed by atoms with Crippen molar-refractivity contribution in [3.8, 4) is 0 Å². The van der Waals surface area contributed by atoms with E-state index in [1.807, 2.05) is 0 Å². The molecule has 0 aromatic carbocycles. The molecule has 1 radical (unpaired) electrons. The van der Waals surface area contributed by atoms with E-state index in [1.165, 1.54) is 0 Å². The molecule has 6 nitrogen and oxygen atoms in total. The van der Waals surface area contributed by atoms with Gasteiger partial charge in [0.2, 0.25) is 0 Å². The average Bonchev–Trinajstić information content (AvgIpc) is 1.25. The molecule has 0 fully saturated rings. The fraction of sp³-hybridized carbons (Fsp3) is 0. The van der Waals surface area contributed by atoms with E-state index in [2.05, 4.69) is 0 Å². The second-order valence-electron chi connectivity index (χ2n) is 0.434. The molecule has 0 aromatic heterocycles. The van der Waals surface area contributed by atoms with E-state index in [0.29, 0.717) is 0 Å². The Hall–Kier alpha value is 0.659. The molecule has 2 atom stereocenters. The van der Waals surface area contributed by atoms with E-state index in [-0.39, 0.29) is 17.1 Å². The molecule has 9 heteroatoms. The summed E-state index contributed by atoms with van der Waals surface area (Å²) < 4.78 is 48.2. The van der Waals surface area contributed by atoms with Crippen molar-refractivity contribution in [2.45, 2.75) is 0 Å². The van der Waals surface area contributed by atoms with Crippen LogP contribution in [0.1, 0.15) is 0 Å². The minimum atomic E-state index is -2.86. The van der Waals surface area contributed by atoms with Crippen LogP contribution >= 0.6 is 0 Å². The monoisotopic (exact) mass is 217 g/mol. The van der Waals surface area contributed by atoms with Crippen molar-refractivity contribution in [3.63, 3.8) is 0 Å². The summed E-state index contributed by atoms with van der Waals surface area (Å²) in [7, 11) is 0. The largest absolute Gasteiger partial charge is 2.00 e. The Morgan fingerprint density at radius 1 is 1.00 bits per heavy atom. The van der Waals surface area contributed by atoms with Crippen LogP contribution in [0.2, 0.25) is 0 Å². The van der Waals surface area contributed by atoms with Crippen molar-refractivity contribution in [1.29, 1.82) is 0 Å². The molecule has 2 unspecified atom stereocenters. The van der Waals surface area contributed by atoms with Crippen LogP contribution in [-0.2, 0) is 39.8 Å². The molecule has 0 saturated carbocycles. The maximum Gasteiger partial charge on any atom is 2.00 e. The Morgan fingerprint density at radius 2 is 1.00 bits per heavy atom. The maximum absolute atomic E-state index is 8.56. The summed E-state index contributed by atoms with van der Waals surface area (Å²) in [4.78, 5) is 0. The summed E-state index contributed by atoms with van der Waals surface area (Å²) in [6.07, 6.45) is 0. The maximum atomic E-state index is 8.56. The van der Waals surface area contributed by atoms with E-state index in [0.717, 1.165) is 0 Å². The van der Waals surface area contributed by atoms with Crippen LogP contribution in [0, 0.1) is 0 Å². The van der Waals surface area contributed by atoms with Gasteiger partial charge in [-0.25, -0.2) is 8.42 Å². The van der Waals surface area contributed by atoms with Crippen LogP contribution in [0.15, 0.2) is 0 Å². The molecular formula is H2MnO6S2. The van der Waals surface area contributed by atoms with Crippen LogP contribution in [0.4, 0.5) is 0 Å². The van der Waals surface area contributed by atoms with Gasteiger partial charge in [-0.05, 0) is 0 Å². The standard InChI is InChI=1S/Mn.2H2O3S/c;2*1-4(2)3/h;2*(H2,1,2,3)/q+2;;/p-2. The zero-order valence-electron chi connectivity index (χ0n) is 3.72. The summed E-state index contributed by atoms with van der Waals surface area (Å²) in [5, 5.41) is 0. The van der Waals surface area contributed by atoms with Crippen LogP contribution in [0.25, 0.3) is 0 Å². The van der Waals surface area contributed by atoms with E-state index in [1.54, 1.807) is 0 Å². The third-order valence-corrected chi connectivity index (χ3v) is 0. The van der Waals surface area contributed by atoms with Gasteiger partial charge in [0, 0.05) is 0 Å². The molecule has 0 aliphatic heterocycles. The first-order chi connectivity index (χ1) is 3.46. The number of rotatable bonds is 0. The molecule has 0 saturated heterocycles. The van der Waals surface area contributed by atoms with Crippen molar-refractivity contribution in [2.24, 2.45) is 0 Å². The Kier molecular flexibility index (Phi) is 20.8. The Bertz CT molecular complexity index is 69.1. The minimum absolute atomic E-state index is 0. The van der Waals surface area contributed by atoms with E-state index >= 15 is 0 Å². The molecule has 0 aromatic rings. The molecule has 2 N–H and O–H groups in total. The molecule has 0 amide bonds. The summed E-state index contributed by atoms with van der Waals surface area (Å²) in [6, 6.07) is 0. The minimum Gasteiger partial charge on any atom is -0.750 e. The summed E-state index contributed by atoms with van der Waals surface area (Å²) in [5.74, 6) is 0. The third-order valence-electron chi connectivity index (χ3n) is 0. The zero-order valence-corrected chi connectivity index (χ0v) is 6.54. The quantitative estimate of drug-likeness (QED) is 0.383. The smallest absolute Gasteiger partial charge is 0.750 e. The van der Waals surface area contributed by atoms with Crippen molar-refractivity contribution in [1.82, 2.24) is 0 Å². The van der Waals surface area contributed by atoms with Gasteiger partial charge in [0.15, 0.2) is 0 Å². The second-order valence-corrected chi connectivity index (χ2v) is 1.30. The van der Waals surface area contributed by atoms with Crippen molar-refractivity contribution in [3.05, 3.63) is 0 Å². The normalized spacial score (nSPS) is 13.8. The first-order valence-corrected chi connectivity index (χ1v) is 3.10. The fourth-order valence-corrected chi connectivity index (χ4v) is 0. The molecule has 0 rings (SSSR count). The first-order valence-electron chi connectivity index (χ1n) is 1.03. The van der Waals surface area contributed by atoms with Crippen molar-refractivity contribution >= 4 is 22.7 Å². The molecule has 0 aliphatic carbocycles. The van der Waals surface area contributed by atoms with Gasteiger partial charge >= 0.3 is 17.1 Å². The summed E-state index contributed by atoms with van der Waals surface area (Å²) in [6.45, 7) is 0. The van der Waals surface area contributed by atoms with Gasteiger partial charge in [-0.3, -0.25) is 0 Å². The van der Waals surface area contributed by atoms with Gasteiger partial charge in [0.05, 0.1) is 22.7 Å². The van der Waals surface area contributed by atoms with Crippen LogP contribution in [0.5, 0.6) is 0 Å². The van der Waals surface area contributed by atoms with Crippen LogP contribution in [0.3, 0.4) is 0 Å². The van der Waals surface area contributed by atoms with Gasteiger partial charge in [-0.1, -0.05) is 0 Å². The van der Waals surface area contributed by atoms with Gasteiger partial charge < -0.3 is 18.2 Å². The van der Waals surface area contributed by atoms with Gasteiger partial charge in [0.25, 0.3) is 0 Å². The topological polar surface area (TPSA) is 121 Å². The first kappa shape index (κ1) is 16.3. The van der Waals surface area contributed by atoms with E-state index < -0.39 is 22.7 Å². The van der Waals surface area contributed by atoms with Gasteiger partial charge in [0.1, 0.15) is 0 Å². The molecule has 9 heavy (non-hydrogen) atoms. The molecule has 57 valence electrons. The predicted octanol–water partition coefficient (Wildman–Crippen LogP) is -1.33. The third kappa shape index (κ3) is 883. The molecule has 0 spiro atoms. The average molecular weight is 217 g/mol. The molecule has 0 bridgehead atoms. The predicted molar refractivity (Wildman–Crippen MR) is 23.1 cm³/mol.